The van der Waals surface area contributed by atoms with Gasteiger partial charge in [0.1, 0.15) is 17.2 Å². The maximum atomic E-state index is 13.8. The molecule has 3 aromatic carbocycles. The van der Waals surface area contributed by atoms with E-state index in [-0.39, 0.29) is 11.8 Å². The van der Waals surface area contributed by atoms with Gasteiger partial charge in [0, 0.05) is 31.8 Å². The maximum absolute atomic E-state index is 13.8. The summed E-state index contributed by atoms with van der Waals surface area (Å²) in [6.45, 7) is 4.50. The van der Waals surface area contributed by atoms with Crippen LogP contribution < -0.4 is 14.4 Å². The number of aryl methyl sites for hydroxylation is 2. The number of nitrogens with zero attached hydrogens (tertiary/aromatic N) is 2. The standard InChI is InChI=1S/C28H28N2O4/c1-18-11-12-21(13-19(18)2)25-26(29(3)17-20-9-7-6-8-10-20)28(32)30(27(25)31)22-14-23(33-4)16-24(15-22)34-5/h6-16H,17H2,1-5H3. The van der Waals surface area contributed by atoms with E-state index >= 15 is 0 Å². The van der Waals surface area contributed by atoms with Crippen LogP contribution in [0.25, 0.3) is 5.57 Å². The molecule has 34 heavy (non-hydrogen) atoms. The average molecular weight is 457 g/mol. The van der Waals surface area contributed by atoms with Crippen LogP contribution in [0.2, 0.25) is 0 Å². The molecule has 2 amide bonds. The number of ether oxygens (including phenoxy) is 2. The first kappa shape index (κ1) is 23.1. The highest BCUT2D eigenvalue weighted by atomic mass is 16.5. The fourth-order valence-corrected chi connectivity index (χ4v) is 4.12. The normalized spacial score (nSPS) is 13.5. The number of methoxy groups -OCH3 is 2. The van der Waals surface area contributed by atoms with Crippen LogP contribution in [0.1, 0.15) is 22.3 Å². The predicted octanol–water partition coefficient (Wildman–Crippen LogP) is 4.74. The van der Waals surface area contributed by atoms with E-state index < -0.39 is 0 Å². The van der Waals surface area contributed by atoms with Gasteiger partial charge in [-0.05, 0) is 36.1 Å². The number of benzene rings is 3. The lowest BCUT2D eigenvalue weighted by atomic mass is 9.99. The third-order valence-corrected chi connectivity index (χ3v) is 6.09. The Hall–Kier alpha value is -4.06. The molecule has 0 bridgehead atoms. The highest BCUT2D eigenvalue weighted by Gasteiger charge is 2.42. The molecule has 0 saturated heterocycles. The molecule has 0 fully saturated rings. The Morgan fingerprint density at radius 3 is 2.03 bits per heavy atom. The summed E-state index contributed by atoms with van der Waals surface area (Å²) in [6.07, 6.45) is 0. The molecule has 0 N–H and O–H groups in total. The highest BCUT2D eigenvalue weighted by Crippen LogP contribution is 2.38. The number of hydrogen-bond donors (Lipinski definition) is 0. The largest absolute Gasteiger partial charge is 0.497 e. The lowest BCUT2D eigenvalue weighted by Crippen LogP contribution is -2.34. The number of hydrogen-bond acceptors (Lipinski definition) is 5. The second-order valence-corrected chi connectivity index (χ2v) is 8.38. The SMILES string of the molecule is COc1cc(OC)cc(N2C(=O)C(c3ccc(C)c(C)c3)=C(N(C)Cc3ccccc3)C2=O)c1. The number of carbonyl (C=O) groups excluding carboxylic acids is 2. The average Bonchev–Trinajstić information content (AvgIpc) is 3.11. The van der Waals surface area contributed by atoms with E-state index in [0.717, 1.165) is 16.7 Å². The molecule has 0 radical (unpaired) electrons. The maximum Gasteiger partial charge on any atom is 0.282 e. The first-order valence-electron chi connectivity index (χ1n) is 11.0. The van der Waals surface area contributed by atoms with Gasteiger partial charge >= 0.3 is 0 Å². The minimum absolute atomic E-state index is 0.360. The van der Waals surface area contributed by atoms with Crippen molar-refractivity contribution in [2.45, 2.75) is 20.4 Å². The molecule has 0 saturated carbocycles. The molecule has 174 valence electrons. The van der Waals surface area contributed by atoms with E-state index in [2.05, 4.69) is 0 Å². The third kappa shape index (κ3) is 4.27. The monoisotopic (exact) mass is 456 g/mol. The Labute approximate surface area is 200 Å². The molecule has 6 heteroatoms. The first-order valence-corrected chi connectivity index (χ1v) is 11.0. The molecule has 3 aromatic rings. The summed E-state index contributed by atoms with van der Waals surface area (Å²) >= 11 is 0. The van der Waals surface area contributed by atoms with Crippen molar-refractivity contribution in [3.63, 3.8) is 0 Å². The van der Waals surface area contributed by atoms with E-state index in [0.29, 0.717) is 40.6 Å². The number of likely N-dealkylation sites (N-methyl/N-ethyl adjacent to an activating group) is 1. The van der Waals surface area contributed by atoms with Crippen molar-refractivity contribution in [2.75, 3.05) is 26.2 Å². The molecule has 4 rings (SSSR count). The van der Waals surface area contributed by atoms with Crippen LogP contribution in [-0.4, -0.2) is 38.0 Å². The van der Waals surface area contributed by atoms with Crippen molar-refractivity contribution in [1.82, 2.24) is 4.90 Å². The van der Waals surface area contributed by atoms with E-state index in [1.54, 1.807) is 18.2 Å². The topological polar surface area (TPSA) is 59.1 Å². The summed E-state index contributed by atoms with van der Waals surface area (Å²) in [5.41, 5.74) is 5.07. The number of anilines is 1. The summed E-state index contributed by atoms with van der Waals surface area (Å²) < 4.78 is 10.7. The van der Waals surface area contributed by atoms with Gasteiger partial charge in [0.15, 0.2) is 0 Å². The molecule has 0 unspecified atom stereocenters. The molecular weight excluding hydrogens is 428 g/mol. The minimum Gasteiger partial charge on any atom is -0.497 e. The summed E-state index contributed by atoms with van der Waals surface area (Å²) in [6, 6.07) is 20.7. The molecule has 0 spiro atoms. The minimum atomic E-state index is -0.382. The van der Waals surface area contributed by atoms with Crippen molar-refractivity contribution in [1.29, 1.82) is 0 Å². The number of amides is 2. The van der Waals surface area contributed by atoms with Crippen LogP contribution in [0.15, 0.2) is 72.4 Å². The summed E-state index contributed by atoms with van der Waals surface area (Å²) in [7, 11) is 4.90. The zero-order valence-electron chi connectivity index (χ0n) is 20.1. The van der Waals surface area contributed by atoms with Gasteiger partial charge in [-0.1, -0.05) is 48.5 Å². The molecule has 0 aliphatic carbocycles. The van der Waals surface area contributed by atoms with Crippen molar-refractivity contribution in [3.8, 4) is 11.5 Å². The second-order valence-electron chi connectivity index (χ2n) is 8.38. The van der Waals surface area contributed by atoms with Gasteiger partial charge in [0.2, 0.25) is 0 Å². The van der Waals surface area contributed by atoms with Crippen molar-refractivity contribution in [3.05, 3.63) is 94.7 Å². The number of rotatable bonds is 7. The second kappa shape index (κ2) is 9.43. The molecule has 0 atom stereocenters. The predicted molar refractivity (Wildman–Crippen MR) is 133 cm³/mol. The van der Waals surface area contributed by atoms with Crippen molar-refractivity contribution in [2.24, 2.45) is 0 Å². The highest BCUT2D eigenvalue weighted by molar-refractivity contribution is 6.45. The molecular formula is C28H28N2O4. The van der Waals surface area contributed by atoms with Gasteiger partial charge in [-0.15, -0.1) is 0 Å². The Morgan fingerprint density at radius 2 is 1.44 bits per heavy atom. The van der Waals surface area contributed by atoms with Gasteiger partial charge in [-0.2, -0.15) is 0 Å². The van der Waals surface area contributed by atoms with Crippen LogP contribution in [0.3, 0.4) is 0 Å². The van der Waals surface area contributed by atoms with Crippen LogP contribution in [-0.2, 0) is 16.1 Å². The van der Waals surface area contributed by atoms with E-state index in [9.17, 15) is 9.59 Å². The molecule has 6 nitrogen and oxygen atoms in total. The quantitative estimate of drug-likeness (QED) is 0.481. The zero-order valence-corrected chi connectivity index (χ0v) is 20.1. The van der Waals surface area contributed by atoms with E-state index in [4.69, 9.17) is 9.47 Å². The molecule has 1 aliphatic heterocycles. The molecule has 1 aliphatic rings. The van der Waals surface area contributed by atoms with Gasteiger partial charge in [0.25, 0.3) is 11.8 Å². The van der Waals surface area contributed by atoms with Gasteiger partial charge < -0.3 is 14.4 Å². The molecule has 0 aromatic heterocycles. The Morgan fingerprint density at radius 1 is 0.794 bits per heavy atom. The fraction of sp³-hybridized carbons (Fsp3) is 0.214. The van der Waals surface area contributed by atoms with Crippen LogP contribution >= 0.6 is 0 Å². The Bertz CT molecular complexity index is 1260. The van der Waals surface area contributed by atoms with Gasteiger partial charge in [0.05, 0.1) is 25.5 Å². The van der Waals surface area contributed by atoms with E-state index in [1.807, 2.05) is 74.3 Å². The zero-order chi connectivity index (χ0) is 24.4. The first-order chi connectivity index (χ1) is 16.3. The van der Waals surface area contributed by atoms with Gasteiger partial charge in [-0.25, -0.2) is 4.90 Å². The Balaban J connectivity index is 1.84. The van der Waals surface area contributed by atoms with Crippen LogP contribution in [0, 0.1) is 13.8 Å². The van der Waals surface area contributed by atoms with Crippen LogP contribution in [0.4, 0.5) is 5.69 Å². The van der Waals surface area contributed by atoms with Crippen molar-refractivity contribution < 1.29 is 19.1 Å². The van der Waals surface area contributed by atoms with Crippen molar-refractivity contribution >= 4 is 23.1 Å². The number of imide groups is 1. The lowest BCUT2D eigenvalue weighted by Gasteiger charge is -2.22. The summed E-state index contributed by atoms with van der Waals surface area (Å²) in [5, 5.41) is 0. The van der Waals surface area contributed by atoms with Crippen LogP contribution in [0.5, 0.6) is 11.5 Å². The Kier molecular flexibility index (Phi) is 6.41. The summed E-state index contributed by atoms with van der Waals surface area (Å²) in [4.78, 5) is 30.7. The summed E-state index contributed by atoms with van der Waals surface area (Å²) in [5.74, 6) is 0.230. The molecule has 1 heterocycles. The smallest absolute Gasteiger partial charge is 0.282 e. The van der Waals surface area contributed by atoms with Gasteiger partial charge in [-0.3, -0.25) is 9.59 Å². The van der Waals surface area contributed by atoms with E-state index in [1.165, 1.54) is 19.1 Å². The lowest BCUT2D eigenvalue weighted by molar-refractivity contribution is -0.120. The number of carbonyl (C=O) groups is 2. The third-order valence-electron chi connectivity index (χ3n) is 6.09. The fourth-order valence-electron chi connectivity index (χ4n) is 4.12.